The highest BCUT2D eigenvalue weighted by Crippen LogP contribution is 2.35. The Morgan fingerprint density at radius 2 is 2.06 bits per heavy atom. The molecular formula is C19H15F2N7O4. The maximum absolute atomic E-state index is 14.6. The molecule has 1 saturated heterocycles. The summed E-state index contributed by atoms with van der Waals surface area (Å²) in [6.07, 6.45) is 8.83. The van der Waals surface area contributed by atoms with Crippen LogP contribution in [0.3, 0.4) is 0 Å². The van der Waals surface area contributed by atoms with E-state index in [9.17, 15) is 23.2 Å². The maximum atomic E-state index is 14.6. The third kappa shape index (κ3) is 4.10. The van der Waals surface area contributed by atoms with Gasteiger partial charge in [-0.25, -0.2) is 28.6 Å². The first-order valence-electron chi connectivity index (χ1n) is 9.23. The normalized spacial score (nSPS) is 17.2. The minimum Gasteiger partial charge on any atom is -0.476 e. The number of hydrogen-bond acceptors (Lipinski definition) is 8. The zero-order valence-corrected chi connectivity index (χ0v) is 16.3. The smallest absolute Gasteiger partial charge is 0.325 e. The maximum Gasteiger partial charge on any atom is 0.325 e. The van der Waals surface area contributed by atoms with Crippen LogP contribution in [0.1, 0.15) is 5.69 Å². The van der Waals surface area contributed by atoms with Crippen LogP contribution in [0.25, 0.3) is 11.3 Å². The van der Waals surface area contributed by atoms with Gasteiger partial charge in [-0.1, -0.05) is 0 Å². The number of terminal acetylenes is 1. The number of aromatic amines is 3. The highest BCUT2D eigenvalue weighted by Gasteiger charge is 2.49. The lowest BCUT2D eigenvalue weighted by Crippen LogP contribution is -2.32. The van der Waals surface area contributed by atoms with Crippen molar-refractivity contribution in [3.8, 4) is 29.5 Å². The number of nitrogens with one attached hydrogen (secondary N) is 3. The summed E-state index contributed by atoms with van der Waals surface area (Å²) >= 11 is 0. The molecule has 3 aromatic heterocycles. The lowest BCUT2D eigenvalue weighted by atomic mass is 10.1. The Hall–Kier alpha value is -4.34. The monoisotopic (exact) mass is 443 g/mol. The van der Waals surface area contributed by atoms with E-state index < -0.39 is 35.2 Å². The molecule has 164 valence electrons. The largest absolute Gasteiger partial charge is 0.476 e. The van der Waals surface area contributed by atoms with Gasteiger partial charge in [0.05, 0.1) is 36.1 Å². The molecule has 1 atom stereocenters. The van der Waals surface area contributed by atoms with Crippen molar-refractivity contribution < 1.29 is 13.5 Å². The van der Waals surface area contributed by atoms with Crippen molar-refractivity contribution >= 4 is 5.69 Å². The first kappa shape index (κ1) is 20.9. The summed E-state index contributed by atoms with van der Waals surface area (Å²) < 4.78 is 34.6. The summed E-state index contributed by atoms with van der Waals surface area (Å²) in [7, 11) is 0. The second-order valence-corrected chi connectivity index (χ2v) is 6.99. The van der Waals surface area contributed by atoms with Gasteiger partial charge in [0, 0.05) is 12.7 Å². The number of anilines is 1. The Labute approximate surface area is 177 Å². The number of hydrogen-bond donors (Lipinski definition) is 3. The molecule has 13 heteroatoms. The first-order chi connectivity index (χ1) is 15.3. The van der Waals surface area contributed by atoms with Gasteiger partial charge in [-0.15, -0.1) is 6.42 Å². The van der Waals surface area contributed by atoms with Crippen LogP contribution < -0.4 is 26.4 Å². The molecule has 11 nitrogen and oxygen atoms in total. The summed E-state index contributed by atoms with van der Waals surface area (Å²) in [6, 6.07) is 1.21. The Morgan fingerprint density at radius 1 is 1.25 bits per heavy atom. The highest BCUT2D eigenvalue weighted by atomic mass is 19.3. The average molecular weight is 443 g/mol. The van der Waals surface area contributed by atoms with Gasteiger partial charge in [0.2, 0.25) is 5.88 Å². The molecule has 0 saturated carbocycles. The quantitative estimate of drug-likeness (QED) is 0.457. The molecule has 1 aliphatic rings. The van der Waals surface area contributed by atoms with Gasteiger partial charge in [0.1, 0.15) is 18.0 Å². The molecule has 1 aliphatic heterocycles. The summed E-state index contributed by atoms with van der Waals surface area (Å²) in [5.41, 5.74) is -2.02. The van der Waals surface area contributed by atoms with Crippen LogP contribution in [-0.2, 0) is 0 Å². The molecule has 0 radical (unpaired) electrons. The predicted molar refractivity (Wildman–Crippen MR) is 108 cm³/mol. The predicted octanol–water partition coefficient (Wildman–Crippen LogP) is -0.265. The third-order valence-electron chi connectivity index (χ3n) is 4.87. The van der Waals surface area contributed by atoms with Crippen LogP contribution in [0.2, 0.25) is 0 Å². The van der Waals surface area contributed by atoms with Crippen LogP contribution in [0.15, 0.2) is 39.0 Å². The van der Waals surface area contributed by atoms with Gasteiger partial charge >= 0.3 is 5.69 Å². The van der Waals surface area contributed by atoms with E-state index in [1.54, 1.807) is 0 Å². The van der Waals surface area contributed by atoms with Crippen molar-refractivity contribution in [3.63, 3.8) is 0 Å². The van der Waals surface area contributed by atoms with Gasteiger partial charge in [-0.2, -0.15) is 5.10 Å². The summed E-state index contributed by atoms with van der Waals surface area (Å²) in [5, 5.41) is 5.96. The van der Waals surface area contributed by atoms with E-state index in [2.05, 4.69) is 31.1 Å². The van der Waals surface area contributed by atoms with E-state index in [0.29, 0.717) is 0 Å². The Bertz CT molecular complexity index is 1360. The second kappa shape index (κ2) is 8.06. The van der Waals surface area contributed by atoms with E-state index in [0.717, 1.165) is 6.20 Å². The molecule has 4 heterocycles. The SMILES string of the molecule is C#Cc1cnc(OCC2CN(c3cc(-c4c[nH]c(=O)[nH]c4=O)n[nH]c3=O)CC2(F)F)cn1. The number of H-pyrrole nitrogens is 3. The van der Waals surface area contributed by atoms with Crippen LogP contribution in [0, 0.1) is 18.3 Å². The molecule has 0 bridgehead atoms. The van der Waals surface area contributed by atoms with Crippen molar-refractivity contribution in [2.75, 3.05) is 24.6 Å². The fourth-order valence-electron chi connectivity index (χ4n) is 3.23. The Kier molecular flexibility index (Phi) is 5.27. The van der Waals surface area contributed by atoms with Crippen molar-refractivity contribution in [1.29, 1.82) is 0 Å². The molecular weight excluding hydrogens is 428 g/mol. The van der Waals surface area contributed by atoms with Crippen LogP contribution in [0.5, 0.6) is 5.88 Å². The van der Waals surface area contributed by atoms with E-state index in [1.807, 2.05) is 4.98 Å². The van der Waals surface area contributed by atoms with Crippen molar-refractivity contribution in [2.45, 2.75) is 5.92 Å². The number of rotatable bonds is 5. The molecule has 32 heavy (non-hydrogen) atoms. The molecule has 0 aliphatic carbocycles. The lowest BCUT2D eigenvalue weighted by molar-refractivity contribution is -0.0359. The molecule has 1 unspecified atom stereocenters. The highest BCUT2D eigenvalue weighted by molar-refractivity contribution is 5.62. The van der Waals surface area contributed by atoms with Gasteiger partial charge in [0.25, 0.3) is 17.0 Å². The van der Waals surface area contributed by atoms with E-state index in [-0.39, 0.29) is 41.7 Å². The number of halogens is 2. The molecule has 3 N–H and O–H groups in total. The first-order valence-corrected chi connectivity index (χ1v) is 9.23. The van der Waals surface area contributed by atoms with E-state index >= 15 is 0 Å². The molecule has 4 rings (SSSR count). The zero-order chi connectivity index (χ0) is 22.9. The molecule has 0 aromatic carbocycles. The van der Waals surface area contributed by atoms with E-state index in [4.69, 9.17) is 11.2 Å². The van der Waals surface area contributed by atoms with Gasteiger partial charge in [-0.3, -0.25) is 14.6 Å². The van der Waals surface area contributed by atoms with Crippen LogP contribution >= 0.6 is 0 Å². The second-order valence-electron chi connectivity index (χ2n) is 6.99. The van der Waals surface area contributed by atoms with Gasteiger partial charge < -0.3 is 14.6 Å². The number of nitrogens with zero attached hydrogens (tertiary/aromatic N) is 4. The van der Waals surface area contributed by atoms with Gasteiger partial charge in [0.15, 0.2) is 0 Å². The lowest BCUT2D eigenvalue weighted by Gasteiger charge is -2.17. The molecule has 0 spiro atoms. The van der Waals surface area contributed by atoms with Crippen LogP contribution in [0.4, 0.5) is 14.5 Å². The van der Waals surface area contributed by atoms with Crippen molar-refractivity contribution in [2.24, 2.45) is 5.92 Å². The molecule has 1 fully saturated rings. The van der Waals surface area contributed by atoms with Gasteiger partial charge in [-0.05, 0) is 12.0 Å². The fraction of sp³-hybridized carbons (Fsp3) is 0.263. The molecule has 3 aromatic rings. The molecule has 0 amide bonds. The fourth-order valence-corrected chi connectivity index (χ4v) is 3.23. The zero-order valence-electron chi connectivity index (χ0n) is 16.3. The summed E-state index contributed by atoms with van der Waals surface area (Å²) in [6.45, 7) is -1.31. The van der Waals surface area contributed by atoms with Crippen LogP contribution in [-0.4, -0.2) is 55.8 Å². The summed E-state index contributed by atoms with van der Waals surface area (Å²) in [5.74, 6) is -2.09. The number of ether oxygens (including phenoxy) is 1. The number of aromatic nitrogens is 6. The van der Waals surface area contributed by atoms with E-state index in [1.165, 1.54) is 23.4 Å². The average Bonchev–Trinajstić information content (AvgIpc) is 3.07. The third-order valence-corrected chi connectivity index (χ3v) is 4.87. The van der Waals surface area contributed by atoms with Crippen molar-refractivity contribution in [3.05, 3.63) is 61.5 Å². The summed E-state index contributed by atoms with van der Waals surface area (Å²) in [4.78, 5) is 48.7. The Morgan fingerprint density at radius 3 is 2.75 bits per heavy atom. The Balaban J connectivity index is 1.55. The minimum absolute atomic E-state index is 0.00370. The topological polar surface area (TPSA) is 150 Å². The minimum atomic E-state index is -3.17. The van der Waals surface area contributed by atoms with Crippen molar-refractivity contribution in [1.82, 2.24) is 30.1 Å². The standard InChI is InChI=1S/C19H15F2N7O4/c1-2-11-4-23-15(6-22-11)32-8-10-7-28(9-19(10,20)21)14-3-13(26-27-17(14)30)12-5-24-18(31)25-16(12)29/h1,3-6,10H,7-9H2,(H,27,30)(H2,24,25,29,31). The number of alkyl halides is 2.